The molecule has 212 valence electrons. The molecular formula is C28H40FNO7S. The number of carbonyl (C=O) groups is 2. The molecule has 2 aliphatic rings. The van der Waals surface area contributed by atoms with Gasteiger partial charge in [-0.15, -0.1) is 17.9 Å². The van der Waals surface area contributed by atoms with Crippen LogP contribution in [0.5, 0.6) is 0 Å². The van der Waals surface area contributed by atoms with Gasteiger partial charge in [-0.2, -0.15) is 0 Å². The van der Waals surface area contributed by atoms with Crippen LogP contribution in [0.3, 0.4) is 0 Å². The van der Waals surface area contributed by atoms with E-state index in [0.717, 1.165) is 5.01 Å². The van der Waals surface area contributed by atoms with Crippen LogP contribution in [-0.4, -0.2) is 68.7 Å². The number of hydrogen-bond acceptors (Lipinski definition) is 9. The highest BCUT2D eigenvalue weighted by atomic mass is 32.1. The predicted octanol–water partition coefficient (Wildman–Crippen LogP) is 3.91. The molecule has 1 aromatic heterocycles. The number of ketones is 1. The number of carbonyl (C=O) groups excluding carboxylic acids is 2. The number of cyclic esters (lactones) is 1. The van der Waals surface area contributed by atoms with Crippen molar-refractivity contribution in [1.82, 2.24) is 4.98 Å². The first kappa shape index (κ1) is 30.6. The average molecular weight is 554 g/mol. The molecule has 2 fully saturated rings. The van der Waals surface area contributed by atoms with Crippen molar-refractivity contribution in [2.75, 3.05) is 6.61 Å². The first-order chi connectivity index (χ1) is 17.8. The maximum Gasteiger partial charge on any atom is 0.309 e. The summed E-state index contributed by atoms with van der Waals surface area (Å²) in [7, 11) is 0. The monoisotopic (exact) mass is 553 g/mol. The van der Waals surface area contributed by atoms with Crippen LogP contribution in [0.25, 0.3) is 6.08 Å². The second-order valence-electron chi connectivity index (χ2n) is 11.2. The van der Waals surface area contributed by atoms with Gasteiger partial charge in [-0.3, -0.25) is 9.59 Å². The minimum Gasteiger partial charge on any atom is -0.455 e. The van der Waals surface area contributed by atoms with E-state index >= 15 is 4.39 Å². The van der Waals surface area contributed by atoms with Crippen molar-refractivity contribution in [2.24, 2.45) is 17.3 Å². The largest absolute Gasteiger partial charge is 0.455 e. The molecule has 2 aliphatic heterocycles. The first-order valence-electron chi connectivity index (χ1n) is 13.1. The standard InChI is InChI=1S/C28H40FNO7S/c1-6-8-19-25(34)16(2)9-7-10-28(15-31)23(37-28)12-21(20(29)11-18-14-38-17(3)30-18)36-24(33)13-22(32)27(4,5)26(19)35/h6,11,14,16,19,21-23,25,31-32,34H,1,7-10,12-13,15H2,2-5H3. The van der Waals surface area contributed by atoms with E-state index in [-0.39, 0.29) is 31.1 Å². The van der Waals surface area contributed by atoms with E-state index in [2.05, 4.69) is 11.6 Å². The van der Waals surface area contributed by atoms with Gasteiger partial charge in [0.2, 0.25) is 0 Å². The minimum absolute atomic E-state index is 0.0181. The number of halogens is 1. The molecule has 2 saturated heterocycles. The number of Topliss-reactive ketones (excluding diaryl/α,β-unsaturated/α-hetero) is 1. The van der Waals surface area contributed by atoms with E-state index in [1.165, 1.54) is 31.3 Å². The van der Waals surface area contributed by atoms with Gasteiger partial charge in [0, 0.05) is 17.7 Å². The van der Waals surface area contributed by atoms with Crippen LogP contribution in [-0.2, 0) is 19.1 Å². The van der Waals surface area contributed by atoms with Gasteiger partial charge in [0.05, 0.1) is 47.5 Å². The minimum atomic E-state index is -1.42. The Bertz CT molecular complexity index is 1040. The first-order valence-corrected chi connectivity index (χ1v) is 14.0. The van der Waals surface area contributed by atoms with Crippen molar-refractivity contribution in [1.29, 1.82) is 0 Å². The third-order valence-corrected chi connectivity index (χ3v) is 8.74. The number of ether oxygens (including phenoxy) is 2. The van der Waals surface area contributed by atoms with Gasteiger partial charge in [-0.25, -0.2) is 9.37 Å². The number of rotatable bonds is 5. The molecule has 3 rings (SSSR count). The summed E-state index contributed by atoms with van der Waals surface area (Å²) in [4.78, 5) is 30.6. The summed E-state index contributed by atoms with van der Waals surface area (Å²) in [6, 6.07) is 0. The van der Waals surface area contributed by atoms with E-state index in [0.29, 0.717) is 25.0 Å². The fourth-order valence-electron chi connectivity index (χ4n) is 5.18. The Morgan fingerprint density at radius 1 is 1.34 bits per heavy atom. The third-order valence-electron chi connectivity index (χ3n) is 7.95. The smallest absolute Gasteiger partial charge is 0.309 e. The summed E-state index contributed by atoms with van der Waals surface area (Å²) in [5, 5.41) is 34.5. The lowest BCUT2D eigenvalue weighted by Crippen LogP contribution is -2.46. The van der Waals surface area contributed by atoms with Crippen molar-refractivity contribution in [3.63, 3.8) is 0 Å². The number of thiazole rings is 1. The van der Waals surface area contributed by atoms with E-state index in [9.17, 15) is 24.9 Å². The van der Waals surface area contributed by atoms with Crippen LogP contribution in [0, 0.1) is 24.2 Å². The molecule has 0 aliphatic carbocycles. The average Bonchev–Trinajstić information content (AvgIpc) is 3.39. The van der Waals surface area contributed by atoms with Crippen LogP contribution < -0.4 is 0 Å². The molecule has 10 heteroatoms. The number of aryl methyl sites for hydroxylation is 1. The van der Waals surface area contributed by atoms with Gasteiger partial charge in [0.25, 0.3) is 0 Å². The summed E-state index contributed by atoms with van der Waals surface area (Å²) in [6.07, 6.45) is -0.207. The Balaban J connectivity index is 1.91. The molecule has 0 bridgehead atoms. The van der Waals surface area contributed by atoms with Crippen molar-refractivity contribution in [2.45, 2.75) is 96.2 Å². The molecule has 0 spiro atoms. The molecule has 38 heavy (non-hydrogen) atoms. The predicted molar refractivity (Wildman–Crippen MR) is 142 cm³/mol. The van der Waals surface area contributed by atoms with Crippen molar-refractivity contribution < 1.29 is 38.8 Å². The molecule has 7 unspecified atom stereocenters. The van der Waals surface area contributed by atoms with Crippen LogP contribution >= 0.6 is 11.3 Å². The zero-order valence-electron chi connectivity index (χ0n) is 22.6. The molecule has 3 heterocycles. The van der Waals surface area contributed by atoms with E-state index in [1.54, 1.807) is 18.4 Å². The van der Waals surface area contributed by atoms with Gasteiger partial charge in [0.15, 0.2) is 6.10 Å². The molecule has 3 N–H and O–H groups in total. The Morgan fingerprint density at radius 2 is 2.05 bits per heavy atom. The lowest BCUT2D eigenvalue weighted by atomic mass is 9.71. The molecule has 7 atom stereocenters. The molecule has 0 amide bonds. The van der Waals surface area contributed by atoms with Crippen LogP contribution in [0.4, 0.5) is 4.39 Å². The van der Waals surface area contributed by atoms with Gasteiger partial charge in [-0.05, 0) is 38.2 Å². The molecule has 0 saturated carbocycles. The van der Waals surface area contributed by atoms with Crippen LogP contribution in [0.15, 0.2) is 23.9 Å². The van der Waals surface area contributed by atoms with E-state index in [4.69, 9.17) is 9.47 Å². The zero-order valence-corrected chi connectivity index (χ0v) is 23.4. The van der Waals surface area contributed by atoms with Gasteiger partial charge in [0.1, 0.15) is 17.2 Å². The second kappa shape index (κ2) is 12.5. The van der Waals surface area contributed by atoms with Crippen LogP contribution in [0.2, 0.25) is 0 Å². The van der Waals surface area contributed by atoms with E-state index in [1.807, 2.05) is 6.92 Å². The van der Waals surface area contributed by atoms with Gasteiger partial charge < -0.3 is 24.8 Å². The molecular weight excluding hydrogens is 513 g/mol. The Hall–Kier alpha value is -1.98. The molecule has 8 nitrogen and oxygen atoms in total. The second-order valence-corrected chi connectivity index (χ2v) is 12.2. The Labute approximate surface area is 227 Å². The quantitative estimate of drug-likeness (QED) is 0.284. The Kier molecular flexibility index (Phi) is 10.0. The molecule has 1 aromatic rings. The highest BCUT2D eigenvalue weighted by Gasteiger charge is 2.56. The molecule has 0 radical (unpaired) electrons. The summed E-state index contributed by atoms with van der Waals surface area (Å²) in [6.45, 7) is 10.1. The maximum absolute atomic E-state index is 15.4. The third kappa shape index (κ3) is 6.96. The number of allylic oxidation sites excluding steroid dienone is 1. The molecule has 0 aromatic carbocycles. The fraction of sp³-hybridized carbons (Fsp3) is 0.679. The summed E-state index contributed by atoms with van der Waals surface area (Å²) >= 11 is 1.36. The topological polar surface area (TPSA) is 129 Å². The Morgan fingerprint density at radius 3 is 2.66 bits per heavy atom. The van der Waals surface area contributed by atoms with Crippen molar-refractivity contribution >= 4 is 29.2 Å². The highest BCUT2D eigenvalue weighted by molar-refractivity contribution is 7.09. The maximum atomic E-state index is 15.4. The van der Waals surface area contributed by atoms with Gasteiger partial charge >= 0.3 is 5.97 Å². The number of aliphatic hydroxyl groups excluding tert-OH is 3. The summed E-state index contributed by atoms with van der Waals surface area (Å²) in [5.41, 5.74) is -1.87. The van der Waals surface area contributed by atoms with Gasteiger partial charge in [-0.1, -0.05) is 33.3 Å². The SMILES string of the molecule is C=CCC1C(=O)C(C)(C)C(O)CC(=O)OC(C(F)=Cc2csc(C)n2)CC2OC2(CO)CCCC(C)C1O. The number of aromatic nitrogens is 1. The highest BCUT2D eigenvalue weighted by Crippen LogP contribution is 2.45. The number of esters is 1. The number of aliphatic hydroxyl groups is 3. The zero-order chi connectivity index (χ0) is 28.3. The fourth-order valence-corrected chi connectivity index (χ4v) is 5.75. The lowest BCUT2D eigenvalue weighted by Gasteiger charge is -2.35. The van der Waals surface area contributed by atoms with Crippen LogP contribution in [0.1, 0.15) is 70.0 Å². The number of hydrogen-bond donors (Lipinski definition) is 3. The lowest BCUT2D eigenvalue weighted by molar-refractivity contribution is -0.155. The van der Waals surface area contributed by atoms with Crippen molar-refractivity contribution in [3.05, 3.63) is 34.6 Å². The number of epoxide rings is 1. The number of nitrogens with zero attached hydrogens (tertiary/aromatic N) is 1. The summed E-state index contributed by atoms with van der Waals surface area (Å²) in [5.74, 6) is -3.06. The van der Waals surface area contributed by atoms with Crippen molar-refractivity contribution in [3.8, 4) is 0 Å². The van der Waals surface area contributed by atoms with E-state index < -0.39 is 59.6 Å². The normalized spacial score (nSPS) is 35.3. The number of fused-ring (bicyclic) bond motifs is 1. The summed E-state index contributed by atoms with van der Waals surface area (Å²) < 4.78 is 26.7.